The number of nitrogens with zero attached hydrogens (tertiary/aromatic N) is 4. The van der Waals surface area contributed by atoms with E-state index in [1.165, 1.54) is 94.7 Å². The summed E-state index contributed by atoms with van der Waals surface area (Å²) in [6.45, 7) is -0.0736. The molecule has 15 rings (SSSR count). The predicted octanol–water partition coefficient (Wildman–Crippen LogP) is 10.4. The fourth-order valence-corrected chi connectivity index (χ4v) is 12.8. The molecule has 4 heterocycles. The van der Waals surface area contributed by atoms with Gasteiger partial charge in [0.2, 0.25) is 6.71 Å². The van der Waals surface area contributed by atoms with E-state index in [2.05, 4.69) is 293 Å². The molecule has 11 aromatic rings. The molecule has 0 aromatic heterocycles. The third-order valence-corrected chi connectivity index (χ3v) is 15.7. The van der Waals surface area contributed by atoms with Crippen LogP contribution in [-0.4, -0.2) is 20.1 Å². The monoisotopic (exact) mass is 926 g/mol. The minimum Gasteiger partial charge on any atom is -0.311 e. The summed E-state index contributed by atoms with van der Waals surface area (Å²) < 4.78 is 0. The molecule has 0 amide bonds. The zero-order chi connectivity index (χ0) is 48.0. The van der Waals surface area contributed by atoms with Crippen molar-refractivity contribution in [2.24, 2.45) is 0 Å². The standard InChI is InChI=1S/C66H45B3N4/c1-6-22-46(23-7-1)67(47-40-42-59-55(44-47)68-53-32-16-18-34-57(53)70(49-24-8-2-9-25-49)61-36-20-38-63(65(61)68)72(59)51-28-12-4-13-29-51)48-41-43-60-56(45-48)69-54-33-17-19-35-58(54)71(50-26-10-3-11-27-50)62-37-21-39-64(66(62)69)73(60)52-30-14-5-15-31-52/h1-45H. The van der Waals surface area contributed by atoms with Crippen molar-refractivity contribution < 1.29 is 0 Å². The molecule has 0 aliphatic carbocycles. The van der Waals surface area contributed by atoms with Gasteiger partial charge in [0.05, 0.1) is 0 Å². The molecule has 338 valence electrons. The van der Waals surface area contributed by atoms with Gasteiger partial charge in [-0.3, -0.25) is 0 Å². The van der Waals surface area contributed by atoms with Crippen molar-refractivity contribution in [2.75, 3.05) is 19.6 Å². The highest BCUT2D eigenvalue weighted by Crippen LogP contribution is 2.45. The first-order chi connectivity index (χ1) is 36.3. The Labute approximate surface area is 427 Å². The second-order valence-electron chi connectivity index (χ2n) is 19.6. The molecule has 0 fully saturated rings. The molecule has 0 N–H and O–H groups in total. The molecular formula is C66H45B3N4. The maximum Gasteiger partial charge on any atom is 0.252 e. The van der Waals surface area contributed by atoms with Crippen LogP contribution in [0.15, 0.2) is 273 Å². The predicted molar refractivity (Wildman–Crippen MR) is 312 cm³/mol. The van der Waals surface area contributed by atoms with Crippen molar-refractivity contribution in [1.82, 2.24) is 0 Å². The van der Waals surface area contributed by atoms with E-state index in [4.69, 9.17) is 0 Å². The summed E-state index contributed by atoms with van der Waals surface area (Å²) in [7, 11) is 0. The molecular weight excluding hydrogens is 881 g/mol. The fraction of sp³-hybridized carbons (Fsp3) is 0. The number of para-hydroxylation sites is 6. The highest BCUT2D eigenvalue weighted by molar-refractivity contribution is 7.03. The maximum absolute atomic E-state index is 2.55. The number of anilines is 12. The topological polar surface area (TPSA) is 13.0 Å². The second kappa shape index (κ2) is 16.7. The van der Waals surface area contributed by atoms with Crippen LogP contribution in [0, 0.1) is 0 Å². The summed E-state index contributed by atoms with van der Waals surface area (Å²) in [6, 6.07) is 101. The van der Waals surface area contributed by atoms with Crippen molar-refractivity contribution in [1.29, 1.82) is 0 Å². The van der Waals surface area contributed by atoms with Crippen LogP contribution in [0.2, 0.25) is 0 Å². The van der Waals surface area contributed by atoms with Crippen molar-refractivity contribution >= 4 is 138 Å². The third kappa shape index (κ3) is 6.38. The Bertz CT molecular complexity index is 3650. The van der Waals surface area contributed by atoms with Gasteiger partial charge in [-0.25, -0.2) is 0 Å². The van der Waals surface area contributed by atoms with Crippen LogP contribution in [-0.2, 0) is 0 Å². The van der Waals surface area contributed by atoms with Gasteiger partial charge in [0.1, 0.15) is 0 Å². The summed E-state index contributed by atoms with van der Waals surface area (Å²) in [6.07, 6.45) is 0. The lowest BCUT2D eigenvalue weighted by Gasteiger charge is -2.44. The van der Waals surface area contributed by atoms with Crippen LogP contribution in [0.4, 0.5) is 68.2 Å². The van der Waals surface area contributed by atoms with Gasteiger partial charge < -0.3 is 19.6 Å². The third-order valence-electron chi connectivity index (χ3n) is 15.7. The molecule has 0 spiro atoms. The van der Waals surface area contributed by atoms with Gasteiger partial charge in [-0.05, 0) is 130 Å². The van der Waals surface area contributed by atoms with Crippen molar-refractivity contribution in [3.8, 4) is 0 Å². The van der Waals surface area contributed by atoms with Gasteiger partial charge in [-0.15, -0.1) is 0 Å². The zero-order valence-electron chi connectivity index (χ0n) is 40.0. The Balaban J connectivity index is 0.960. The Morgan fingerprint density at radius 2 is 0.507 bits per heavy atom. The number of hydrogen-bond acceptors (Lipinski definition) is 4. The lowest BCUT2D eigenvalue weighted by Crippen LogP contribution is -2.64. The molecule has 4 aliphatic rings. The first-order valence-corrected chi connectivity index (χ1v) is 25.5. The van der Waals surface area contributed by atoms with Crippen LogP contribution in [0.3, 0.4) is 0 Å². The lowest BCUT2D eigenvalue weighted by atomic mass is 9.30. The molecule has 11 aromatic carbocycles. The van der Waals surface area contributed by atoms with E-state index in [1.807, 2.05) is 0 Å². The minimum absolute atomic E-state index is 0.00196. The molecule has 0 radical (unpaired) electrons. The molecule has 4 nitrogen and oxygen atoms in total. The molecule has 0 bridgehead atoms. The highest BCUT2D eigenvalue weighted by Gasteiger charge is 2.46. The molecule has 7 heteroatoms. The number of rotatable bonds is 7. The first kappa shape index (κ1) is 41.6. The van der Waals surface area contributed by atoms with E-state index in [0.717, 1.165) is 22.7 Å². The van der Waals surface area contributed by atoms with Crippen LogP contribution in [0.25, 0.3) is 0 Å². The Morgan fingerprint density at radius 3 is 0.863 bits per heavy atom. The average molecular weight is 927 g/mol. The zero-order valence-corrected chi connectivity index (χ0v) is 40.0. The van der Waals surface area contributed by atoms with Crippen LogP contribution in [0.1, 0.15) is 0 Å². The van der Waals surface area contributed by atoms with Gasteiger partial charge in [-0.1, -0.05) is 192 Å². The summed E-state index contributed by atoms with van der Waals surface area (Å²) in [4.78, 5) is 9.92. The van der Waals surface area contributed by atoms with Crippen LogP contribution < -0.4 is 68.8 Å². The summed E-state index contributed by atoms with van der Waals surface area (Å²) in [5.74, 6) is 0. The number of hydrogen-bond donors (Lipinski definition) is 0. The molecule has 0 atom stereocenters. The van der Waals surface area contributed by atoms with E-state index in [0.29, 0.717) is 0 Å². The normalized spacial score (nSPS) is 13.3. The Morgan fingerprint density at radius 1 is 0.219 bits per heavy atom. The van der Waals surface area contributed by atoms with Crippen LogP contribution >= 0.6 is 0 Å². The summed E-state index contributed by atoms with van der Waals surface area (Å²) >= 11 is 0. The molecule has 4 aliphatic heterocycles. The minimum atomic E-state index is -0.0697. The van der Waals surface area contributed by atoms with Crippen molar-refractivity contribution in [3.05, 3.63) is 273 Å². The maximum atomic E-state index is 2.55. The Kier molecular flexibility index (Phi) is 9.52. The van der Waals surface area contributed by atoms with Crippen molar-refractivity contribution in [3.63, 3.8) is 0 Å². The van der Waals surface area contributed by atoms with E-state index in [9.17, 15) is 0 Å². The Hall–Kier alpha value is -9.19. The van der Waals surface area contributed by atoms with Crippen LogP contribution in [0.5, 0.6) is 0 Å². The van der Waals surface area contributed by atoms with E-state index < -0.39 is 0 Å². The van der Waals surface area contributed by atoms with E-state index in [-0.39, 0.29) is 20.1 Å². The van der Waals surface area contributed by atoms with Gasteiger partial charge in [0, 0.05) is 68.2 Å². The number of fused-ring (bicyclic) bond motifs is 8. The van der Waals surface area contributed by atoms with E-state index in [1.54, 1.807) is 0 Å². The summed E-state index contributed by atoms with van der Waals surface area (Å²) in [5.41, 5.74) is 25.9. The van der Waals surface area contributed by atoms with Gasteiger partial charge in [-0.2, -0.15) is 0 Å². The number of benzene rings is 11. The SMILES string of the molecule is c1ccc(B(c2ccc3c(c2)B2c4ccccc4N(c4ccccc4)c4cccc(c42)N3c2ccccc2)c2ccc3c(c2)B2c4ccccc4N(c4ccccc4)c4cccc(c42)N3c2ccccc2)cc1. The molecule has 0 unspecified atom stereocenters. The molecule has 73 heavy (non-hydrogen) atoms. The van der Waals surface area contributed by atoms with Gasteiger partial charge in [0.25, 0.3) is 13.4 Å². The average Bonchev–Trinajstić information content (AvgIpc) is 3.46. The first-order valence-electron chi connectivity index (χ1n) is 25.5. The summed E-state index contributed by atoms with van der Waals surface area (Å²) in [5, 5.41) is 0. The van der Waals surface area contributed by atoms with Gasteiger partial charge in [0.15, 0.2) is 0 Å². The van der Waals surface area contributed by atoms with Crippen molar-refractivity contribution in [2.45, 2.75) is 0 Å². The highest BCUT2D eigenvalue weighted by atomic mass is 15.2. The molecule has 0 saturated carbocycles. The lowest BCUT2D eigenvalue weighted by molar-refractivity contribution is 1.25. The van der Waals surface area contributed by atoms with E-state index >= 15 is 0 Å². The fourth-order valence-electron chi connectivity index (χ4n) is 12.8. The smallest absolute Gasteiger partial charge is 0.252 e. The van der Waals surface area contributed by atoms with Gasteiger partial charge >= 0.3 is 0 Å². The molecule has 0 saturated heterocycles. The quantitative estimate of drug-likeness (QED) is 0.148. The largest absolute Gasteiger partial charge is 0.311 e. The second-order valence-corrected chi connectivity index (χ2v) is 19.6.